The lowest BCUT2D eigenvalue weighted by Crippen LogP contribution is -2.14. The van der Waals surface area contributed by atoms with Crippen molar-refractivity contribution in [2.75, 3.05) is 11.1 Å². The molecule has 1 aromatic carbocycles. The second-order valence-corrected chi connectivity index (χ2v) is 3.84. The molecule has 92 valence electrons. The molecule has 1 amide bonds. The van der Waals surface area contributed by atoms with E-state index in [1.807, 2.05) is 0 Å². The van der Waals surface area contributed by atoms with E-state index in [0.717, 1.165) is 0 Å². The number of carbonyl (C=O) groups is 1. The summed E-state index contributed by atoms with van der Waals surface area (Å²) in [5.74, 6) is -0.980. The summed E-state index contributed by atoms with van der Waals surface area (Å²) in [7, 11) is 0. The van der Waals surface area contributed by atoms with Crippen molar-refractivity contribution >= 4 is 17.3 Å². The van der Waals surface area contributed by atoms with Gasteiger partial charge in [0.05, 0.1) is 5.69 Å². The largest absolute Gasteiger partial charge is 0.397 e. The normalized spacial score (nSPS) is 10.1. The number of aromatic nitrogens is 1. The van der Waals surface area contributed by atoms with Crippen LogP contribution in [0.1, 0.15) is 16.1 Å². The van der Waals surface area contributed by atoms with Crippen molar-refractivity contribution in [1.29, 1.82) is 0 Å². The van der Waals surface area contributed by atoms with Crippen molar-refractivity contribution in [3.8, 4) is 0 Å². The van der Waals surface area contributed by atoms with Crippen molar-refractivity contribution in [2.45, 2.75) is 6.92 Å². The minimum absolute atomic E-state index is 0.00281. The maximum absolute atomic E-state index is 13.5. The Balaban J connectivity index is 2.27. The van der Waals surface area contributed by atoms with Gasteiger partial charge in [0.15, 0.2) is 0 Å². The molecule has 2 rings (SSSR count). The lowest BCUT2D eigenvalue weighted by Gasteiger charge is -2.09. The van der Waals surface area contributed by atoms with Crippen molar-refractivity contribution in [2.24, 2.45) is 0 Å². The summed E-state index contributed by atoms with van der Waals surface area (Å²) in [6.07, 6.45) is 1.52. The molecule has 0 aliphatic heterocycles. The number of nitrogens with two attached hydrogens (primary N) is 1. The maximum Gasteiger partial charge on any atom is 0.255 e. The number of pyridine rings is 1. The van der Waals surface area contributed by atoms with Crippen molar-refractivity contribution < 1.29 is 9.18 Å². The van der Waals surface area contributed by atoms with E-state index in [1.54, 1.807) is 19.1 Å². The Morgan fingerprint density at radius 3 is 2.83 bits per heavy atom. The second kappa shape index (κ2) is 4.83. The zero-order chi connectivity index (χ0) is 13.1. The number of nitrogens with zero attached hydrogens (tertiary/aromatic N) is 1. The Bertz CT molecular complexity index is 578. The minimum Gasteiger partial charge on any atom is -0.397 e. The number of halogens is 1. The predicted octanol–water partition coefficient (Wildman–Crippen LogP) is 2.36. The molecule has 4 nitrogen and oxygen atoms in total. The molecule has 0 unspecified atom stereocenters. The van der Waals surface area contributed by atoms with Gasteiger partial charge in [-0.25, -0.2) is 4.39 Å². The molecule has 0 aliphatic carbocycles. The number of hydrogen-bond acceptors (Lipinski definition) is 3. The molecule has 0 bridgehead atoms. The highest BCUT2D eigenvalue weighted by molar-refractivity contribution is 6.05. The van der Waals surface area contributed by atoms with Crippen LogP contribution in [0.3, 0.4) is 0 Å². The standard InChI is InChI=1S/C13H12FN3O/c1-8-7-9(5-6-16-8)13(18)17-12-10(14)3-2-4-11(12)15/h2-7H,15H2,1H3,(H,17,18). The lowest BCUT2D eigenvalue weighted by molar-refractivity contribution is 0.102. The number of anilines is 2. The number of para-hydroxylation sites is 1. The number of aryl methyl sites for hydroxylation is 1. The van der Waals surface area contributed by atoms with Crippen LogP contribution in [0.15, 0.2) is 36.5 Å². The lowest BCUT2D eigenvalue weighted by atomic mass is 10.2. The van der Waals surface area contributed by atoms with Crippen LogP contribution in [0, 0.1) is 12.7 Å². The molecule has 2 aromatic rings. The van der Waals surface area contributed by atoms with E-state index in [4.69, 9.17) is 5.73 Å². The summed E-state index contributed by atoms with van der Waals surface area (Å²) in [6, 6.07) is 7.42. The number of rotatable bonds is 2. The highest BCUT2D eigenvalue weighted by atomic mass is 19.1. The Morgan fingerprint density at radius 2 is 2.17 bits per heavy atom. The molecule has 1 heterocycles. The molecule has 0 saturated carbocycles. The monoisotopic (exact) mass is 245 g/mol. The van der Waals surface area contributed by atoms with Crippen molar-refractivity contribution in [1.82, 2.24) is 4.98 Å². The zero-order valence-corrected chi connectivity index (χ0v) is 9.77. The molecule has 18 heavy (non-hydrogen) atoms. The van der Waals surface area contributed by atoms with E-state index in [-0.39, 0.29) is 11.4 Å². The number of carbonyl (C=O) groups excluding carboxylic acids is 1. The summed E-state index contributed by atoms with van der Waals surface area (Å²) in [6.45, 7) is 1.77. The fraction of sp³-hybridized carbons (Fsp3) is 0.0769. The zero-order valence-electron chi connectivity index (χ0n) is 9.77. The predicted molar refractivity (Wildman–Crippen MR) is 67.7 cm³/mol. The molecular formula is C13H12FN3O. The van der Waals surface area contributed by atoms with Crippen LogP contribution in [-0.4, -0.2) is 10.9 Å². The van der Waals surface area contributed by atoms with Gasteiger partial charge in [-0.05, 0) is 31.2 Å². The number of benzene rings is 1. The van der Waals surface area contributed by atoms with Crippen LogP contribution < -0.4 is 11.1 Å². The van der Waals surface area contributed by atoms with Gasteiger partial charge >= 0.3 is 0 Å². The first-order valence-corrected chi connectivity index (χ1v) is 5.36. The van der Waals surface area contributed by atoms with Crippen LogP contribution >= 0.6 is 0 Å². The van der Waals surface area contributed by atoms with Gasteiger partial charge < -0.3 is 11.1 Å². The Hall–Kier alpha value is -2.43. The highest BCUT2D eigenvalue weighted by Gasteiger charge is 2.11. The number of nitrogens with one attached hydrogen (secondary N) is 1. The van der Waals surface area contributed by atoms with E-state index in [2.05, 4.69) is 10.3 Å². The van der Waals surface area contributed by atoms with Gasteiger partial charge in [0.2, 0.25) is 0 Å². The first-order valence-electron chi connectivity index (χ1n) is 5.36. The van der Waals surface area contributed by atoms with E-state index >= 15 is 0 Å². The first-order chi connectivity index (χ1) is 8.58. The maximum atomic E-state index is 13.5. The fourth-order valence-electron chi connectivity index (χ4n) is 1.55. The van der Waals surface area contributed by atoms with Crippen molar-refractivity contribution in [3.05, 3.63) is 53.6 Å². The Morgan fingerprint density at radius 1 is 1.39 bits per heavy atom. The first kappa shape index (κ1) is 12.0. The molecule has 1 aromatic heterocycles. The van der Waals surface area contributed by atoms with Crippen molar-refractivity contribution in [3.63, 3.8) is 0 Å². The molecular weight excluding hydrogens is 233 g/mol. The smallest absolute Gasteiger partial charge is 0.255 e. The van der Waals surface area contributed by atoms with Gasteiger partial charge in [0, 0.05) is 17.5 Å². The molecule has 0 spiro atoms. The molecule has 5 heteroatoms. The third-order valence-corrected chi connectivity index (χ3v) is 2.44. The molecule has 0 saturated heterocycles. The van der Waals surface area contributed by atoms with Gasteiger partial charge in [0.1, 0.15) is 11.5 Å². The molecule has 0 radical (unpaired) electrons. The SMILES string of the molecule is Cc1cc(C(=O)Nc2c(N)cccc2F)ccn1. The van der Waals surface area contributed by atoms with Crippen LogP contribution in [0.4, 0.5) is 15.8 Å². The number of hydrogen-bond donors (Lipinski definition) is 2. The van der Waals surface area contributed by atoms with E-state index in [0.29, 0.717) is 11.3 Å². The van der Waals surface area contributed by atoms with E-state index in [1.165, 1.54) is 24.4 Å². The summed E-state index contributed by atoms with van der Waals surface area (Å²) >= 11 is 0. The third kappa shape index (κ3) is 2.45. The molecule has 0 atom stereocenters. The molecule has 0 aliphatic rings. The van der Waals surface area contributed by atoms with E-state index in [9.17, 15) is 9.18 Å². The van der Waals surface area contributed by atoms with Crippen LogP contribution in [0.2, 0.25) is 0 Å². The average molecular weight is 245 g/mol. The van der Waals surface area contributed by atoms with Gasteiger partial charge in [-0.15, -0.1) is 0 Å². The van der Waals surface area contributed by atoms with Gasteiger partial charge in [0.25, 0.3) is 5.91 Å². The topological polar surface area (TPSA) is 68.0 Å². The number of amides is 1. The minimum atomic E-state index is -0.561. The number of nitrogen functional groups attached to an aromatic ring is 1. The summed E-state index contributed by atoms with van der Waals surface area (Å²) in [5, 5.41) is 2.46. The van der Waals surface area contributed by atoms with Crippen LogP contribution in [0.5, 0.6) is 0 Å². The van der Waals surface area contributed by atoms with Gasteiger partial charge in [-0.1, -0.05) is 6.07 Å². The van der Waals surface area contributed by atoms with Crippen LogP contribution in [-0.2, 0) is 0 Å². The van der Waals surface area contributed by atoms with Gasteiger partial charge in [-0.3, -0.25) is 9.78 Å². The summed E-state index contributed by atoms with van der Waals surface area (Å²) < 4.78 is 13.5. The average Bonchev–Trinajstić information content (AvgIpc) is 2.34. The third-order valence-electron chi connectivity index (χ3n) is 2.44. The summed E-state index contributed by atoms with van der Waals surface area (Å²) in [4.78, 5) is 15.9. The quantitative estimate of drug-likeness (QED) is 0.798. The molecule has 3 N–H and O–H groups in total. The summed E-state index contributed by atoms with van der Waals surface area (Å²) in [5.41, 5.74) is 6.92. The fourth-order valence-corrected chi connectivity index (χ4v) is 1.55. The Kier molecular flexibility index (Phi) is 3.23. The molecule has 0 fully saturated rings. The van der Waals surface area contributed by atoms with E-state index < -0.39 is 11.7 Å². The van der Waals surface area contributed by atoms with Gasteiger partial charge in [-0.2, -0.15) is 0 Å². The van der Waals surface area contributed by atoms with Crippen LogP contribution in [0.25, 0.3) is 0 Å². The Labute approximate surface area is 104 Å². The highest BCUT2D eigenvalue weighted by Crippen LogP contribution is 2.22. The second-order valence-electron chi connectivity index (χ2n) is 3.84.